The molecule has 9 nitrogen and oxygen atoms in total. The van der Waals surface area contributed by atoms with Gasteiger partial charge in [0.15, 0.2) is 0 Å². The van der Waals surface area contributed by atoms with Crippen LogP contribution in [-0.2, 0) is 21.2 Å². The van der Waals surface area contributed by atoms with E-state index < -0.39 is 27.7 Å². The van der Waals surface area contributed by atoms with Gasteiger partial charge in [-0.2, -0.15) is 0 Å². The van der Waals surface area contributed by atoms with Gasteiger partial charge in [-0.15, -0.1) is 0 Å². The Balaban J connectivity index is 1.68. The molecule has 2 heterocycles. The molecule has 0 fully saturated rings. The van der Waals surface area contributed by atoms with Crippen LogP contribution in [0.3, 0.4) is 0 Å². The fourth-order valence-electron chi connectivity index (χ4n) is 3.87. The maximum Gasteiger partial charge on any atom is 0.269 e. The third-order valence-electron chi connectivity index (χ3n) is 5.54. The van der Waals surface area contributed by atoms with E-state index >= 15 is 0 Å². The van der Waals surface area contributed by atoms with Crippen molar-refractivity contribution in [2.45, 2.75) is 43.1 Å². The smallest absolute Gasteiger partial charge is 0.269 e. The van der Waals surface area contributed by atoms with Crippen molar-refractivity contribution in [1.82, 2.24) is 25.6 Å². The number of nitrogens with one attached hydrogen (secondary N) is 3. The van der Waals surface area contributed by atoms with Gasteiger partial charge in [0.25, 0.3) is 5.91 Å². The van der Waals surface area contributed by atoms with Crippen molar-refractivity contribution in [2.75, 3.05) is 0 Å². The molecular formula is C25H24ClN5O4S. The minimum Gasteiger partial charge on any atom is -0.349 e. The van der Waals surface area contributed by atoms with E-state index in [1.807, 2.05) is 6.07 Å². The van der Waals surface area contributed by atoms with E-state index in [2.05, 4.69) is 25.6 Å². The summed E-state index contributed by atoms with van der Waals surface area (Å²) in [6, 6.07) is 10.4. The van der Waals surface area contributed by atoms with Crippen LogP contribution in [0.4, 0.5) is 0 Å². The Morgan fingerprint density at radius 3 is 2.47 bits per heavy atom. The lowest BCUT2D eigenvalue weighted by atomic mass is 10.2. The van der Waals surface area contributed by atoms with Crippen molar-refractivity contribution in [1.29, 1.82) is 0 Å². The van der Waals surface area contributed by atoms with Gasteiger partial charge >= 0.3 is 0 Å². The first kappa shape index (κ1) is 25.3. The molecule has 0 saturated heterocycles. The largest absolute Gasteiger partial charge is 0.349 e. The van der Waals surface area contributed by atoms with Crippen molar-refractivity contribution in [3.63, 3.8) is 0 Å². The molecule has 0 radical (unpaired) electrons. The molecule has 2 aromatic heterocycles. The Morgan fingerprint density at radius 2 is 1.81 bits per heavy atom. The van der Waals surface area contributed by atoms with Crippen LogP contribution in [0.2, 0.25) is 5.02 Å². The summed E-state index contributed by atoms with van der Waals surface area (Å²) >= 11 is 6.17. The van der Waals surface area contributed by atoms with Crippen molar-refractivity contribution in [3.8, 4) is 0 Å². The molecule has 0 saturated carbocycles. The summed E-state index contributed by atoms with van der Waals surface area (Å²) in [5.74, 6) is -1.20. The van der Waals surface area contributed by atoms with Crippen LogP contribution in [0.1, 0.15) is 34.2 Å². The number of hydrogen-bond acceptors (Lipinski definition) is 6. The standard InChI is InChI=1S/C25H24ClN5O4S/c1-14-8-15(2)10-19(9-14)36(34,35)23-20-11-17(26)4-5-21(20)31-22(23)25(33)30-16(3)24(32)28-12-18-6-7-27-13-29-18/h4-11,13,16,31H,12H2,1-3H3,(H,28,32)(H,30,33)/t16-/m0/s1. The van der Waals surface area contributed by atoms with Crippen LogP contribution in [0.25, 0.3) is 10.9 Å². The van der Waals surface area contributed by atoms with E-state index in [4.69, 9.17) is 11.6 Å². The van der Waals surface area contributed by atoms with Crippen molar-refractivity contribution >= 4 is 44.2 Å². The number of hydrogen-bond donors (Lipinski definition) is 3. The second-order valence-electron chi connectivity index (χ2n) is 8.46. The molecule has 36 heavy (non-hydrogen) atoms. The Morgan fingerprint density at radius 1 is 1.08 bits per heavy atom. The summed E-state index contributed by atoms with van der Waals surface area (Å²) in [5, 5.41) is 5.87. The van der Waals surface area contributed by atoms with Gasteiger partial charge in [-0.1, -0.05) is 17.7 Å². The Kier molecular flexibility index (Phi) is 7.09. The summed E-state index contributed by atoms with van der Waals surface area (Å²) in [6.45, 7) is 5.25. The van der Waals surface area contributed by atoms with Crippen LogP contribution >= 0.6 is 11.6 Å². The fraction of sp³-hybridized carbons (Fsp3) is 0.200. The monoisotopic (exact) mass is 525 g/mol. The van der Waals surface area contributed by atoms with Gasteiger partial charge in [0.05, 0.1) is 17.1 Å². The lowest BCUT2D eigenvalue weighted by Gasteiger charge is -2.14. The minimum atomic E-state index is -4.13. The summed E-state index contributed by atoms with van der Waals surface area (Å²) in [5.41, 5.74) is 2.39. The average molecular weight is 526 g/mol. The highest BCUT2D eigenvalue weighted by Gasteiger charge is 2.31. The Labute approximate surface area is 213 Å². The molecule has 4 aromatic rings. The molecule has 1 atom stereocenters. The zero-order valence-electron chi connectivity index (χ0n) is 19.8. The molecule has 186 valence electrons. The minimum absolute atomic E-state index is 0.0607. The molecule has 0 spiro atoms. The number of carbonyl (C=O) groups excluding carboxylic acids is 2. The number of benzene rings is 2. The first-order valence-corrected chi connectivity index (χ1v) is 12.9. The van der Waals surface area contributed by atoms with E-state index in [0.29, 0.717) is 16.2 Å². The van der Waals surface area contributed by atoms with E-state index in [1.54, 1.807) is 50.4 Å². The molecule has 3 N–H and O–H groups in total. The normalized spacial score (nSPS) is 12.3. The van der Waals surface area contributed by atoms with Crippen molar-refractivity contribution in [3.05, 3.63) is 82.5 Å². The molecule has 0 aliphatic rings. The molecule has 0 aliphatic carbocycles. The van der Waals surface area contributed by atoms with E-state index in [1.165, 1.54) is 19.3 Å². The number of aryl methyl sites for hydroxylation is 2. The van der Waals surface area contributed by atoms with Gasteiger partial charge in [0.1, 0.15) is 23.0 Å². The number of rotatable bonds is 7. The van der Waals surface area contributed by atoms with Crippen LogP contribution in [0, 0.1) is 13.8 Å². The Bertz CT molecular complexity index is 1550. The number of halogens is 1. The second-order valence-corrected chi connectivity index (χ2v) is 10.8. The number of fused-ring (bicyclic) bond motifs is 1. The summed E-state index contributed by atoms with van der Waals surface area (Å²) in [6.07, 6.45) is 2.92. The summed E-state index contributed by atoms with van der Waals surface area (Å²) < 4.78 is 27.6. The van der Waals surface area contributed by atoms with Crippen LogP contribution < -0.4 is 10.6 Å². The van der Waals surface area contributed by atoms with E-state index in [-0.39, 0.29) is 27.4 Å². The molecule has 0 aliphatic heterocycles. The highest BCUT2D eigenvalue weighted by molar-refractivity contribution is 7.91. The van der Waals surface area contributed by atoms with Gasteiger partial charge < -0.3 is 15.6 Å². The third kappa shape index (κ3) is 5.24. The molecule has 4 rings (SSSR count). The molecule has 2 aromatic carbocycles. The molecule has 2 amide bonds. The van der Waals surface area contributed by atoms with Gasteiger partial charge in [-0.25, -0.2) is 18.4 Å². The fourth-order valence-corrected chi connectivity index (χ4v) is 5.83. The summed E-state index contributed by atoms with van der Waals surface area (Å²) in [7, 11) is -4.13. The quantitative estimate of drug-likeness (QED) is 0.338. The number of H-pyrrole nitrogens is 1. The Hall–Kier alpha value is -3.76. The molecule has 11 heteroatoms. The molecule has 0 unspecified atom stereocenters. The first-order chi connectivity index (χ1) is 17.1. The zero-order chi connectivity index (χ0) is 26.0. The number of aromatic amines is 1. The number of nitrogens with zero attached hydrogens (tertiary/aromatic N) is 2. The first-order valence-electron chi connectivity index (χ1n) is 11.0. The maximum absolute atomic E-state index is 13.8. The molecular weight excluding hydrogens is 502 g/mol. The zero-order valence-corrected chi connectivity index (χ0v) is 21.4. The number of carbonyl (C=O) groups is 2. The SMILES string of the molecule is Cc1cc(C)cc(S(=O)(=O)c2c(C(=O)N[C@@H](C)C(=O)NCc3ccncn3)[nH]c3ccc(Cl)cc23)c1. The van der Waals surface area contributed by atoms with Crippen LogP contribution in [-0.4, -0.2) is 41.2 Å². The highest BCUT2D eigenvalue weighted by Crippen LogP contribution is 2.34. The van der Waals surface area contributed by atoms with E-state index in [0.717, 1.165) is 11.1 Å². The third-order valence-corrected chi connectivity index (χ3v) is 7.59. The second kappa shape index (κ2) is 10.1. The topological polar surface area (TPSA) is 134 Å². The summed E-state index contributed by atoms with van der Waals surface area (Å²) in [4.78, 5) is 36.5. The number of sulfone groups is 1. The van der Waals surface area contributed by atoms with Gasteiger partial charge in [0.2, 0.25) is 15.7 Å². The lowest BCUT2D eigenvalue weighted by molar-refractivity contribution is -0.122. The van der Waals surface area contributed by atoms with Crippen LogP contribution in [0.15, 0.2) is 64.8 Å². The van der Waals surface area contributed by atoms with Gasteiger partial charge in [0, 0.05) is 22.1 Å². The van der Waals surface area contributed by atoms with Gasteiger partial charge in [-0.05, 0) is 68.3 Å². The van der Waals surface area contributed by atoms with Crippen molar-refractivity contribution in [2.24, 2.45) is 0 Å². The number of aromatic nitrogens is 3. The lowest BCUT2D eigenvalue weighted by Crippen LogP contribution is -2.45. The van der Waals surface area contributed by atoms with Crippen LogP contribution in [0.5, 0.6) is 0 Å². The highest BCUT2D eigenvalue weighted by atomic mass is 35.5. The number of amides is 2. The maximum atomic E-state index is 13.8. The molecule has 0 bridgehead atoms. The average Bonchev–Trinajstić information content (AvgIpc) is 3.22. The van der Waals surface area contributed by atoms with Gasteiger partial charge in [-0.3, -0.25) is 9.59 Å². The predicted octanol–water partition coefficient (Wildman–Crippen LogP) is 3.50. The predicted molar refractivity (Wildman–Crippen MR) is 135 cm³/mol. The van der Waals surface area contributed by atoms with E-state index in [9.17, 15) is 18.0 Å². The van der Waals surface area contributed by atoms with Crippen molar-refractivity contribution < 1.29 is 18.0 Å².